The van der Waals surface area contributed by atoms with Gasteiger partial charge < -0.3 is 52.6 Å². The molecule has 0 bridgehead atoms. The molecule has 27 nitrogen and oxygen atoms in total. The van der Waals surface area contributed by atoms with Gasteiger partial charge in [-0.2, -0.15) is 33.9 Å². The molecule has 1 N–H and O–H groups in total. The molecule has 5 fully saturated rings. The van der Waals surface area contributed by atoms with E-state index >= 15 is 0 Å². The molecule has 5 aliphatic heterocycles. The normalized spacial score (nSPS) is 20.1. The predicted octanol–water partition coefficient (Wildman–Crippen LogP) is 18.6. The second kappa shape index (κ2) is 39.1. The first-order valence-corrected chi connectivity index (χ1v) is 46.3. The number of nitrogens with zero attached hydrogens (tertiary/aromatic N) is 12. The molecule has 11 atom stereocenters. The number of carbonyl (C=O) groups excluding carboxylic acids is 3. The lowest BCUT2D eigenvalue weighted by molar-refractivity contribution is -0.130. The molecule has 0 saturated carbocycles. The van der Waals surface area contributed by atoms with Crippen LogP contribution in [0.2, 0.25) is 0 Å². The van der Waals surface area contributed by atoms with E-state index in [2.05, 4.69) is 128 Å². The Bertz CT molecular complexity index is 6030. The number of hydrogen-bond acceptors (Lipinski definition) is 19. The van der Waals surface area contributed by atoms with Crippen LogP contribution < -0.4 is 28.4 Å². The van der Waals surface area contributed by atoms with Gasteiger partial charge in [-0.3, -0.25) is 42.4 Å². The molecule has 12 aromatic rings. The molecular weight excluding hydrogens is 1710 g/mol. The number of aromatic amines is 1. The summed E-state index contributed by atoms with van der Waals surface area (Å²) in [6, 6.07) is 43.1. The molecule has 17 rings (SSSR count). The highest BCUT2D eigenvalue weighted by Crippen LogP contribution is 2.44. The quantitative estimate of drug-likeness (QED) is 0.0550. The van der Waals surface area contributed by atoms with Crippen molar-refractivity contribution in [2.45, 2.75) is 207 Å². The maximum Gasteiger partial charge on any atom is 0.297 e. The zero-order chi connectivity index (χ0) is 91.5. The van der Waals surface area contributed by atoms with Crippen molar-refractivity contribution in [3.8, 4) is 56.8 Å². The number of benzene rings is 7. The maximum absolute atomic E-state index is 13.2. The highest BCUT2D eigenvalue weighted by Gasteiger charge is 2.42. The fraction of sp³-hybridized carbons (Fsp3) is 0.455. The SMILES string of the molecule is COc1ccc([C@H](C)N2C[C@H]([C@@H](C)Oc3cc(-c4cn[nH]c4)cc4nn(C)c(C)c34)CC2=O)cc1.COc1ccc([C@H](C)N2C[C@H]([C@@H](C)Oc3cc(-c4cnn([C@@H]5CCOC(C)(C)C5)c4)cc4nn(C)c(C)c34)CC2=O)cc1.COc1ccc([C@H](C)N2C[C@H]([C@@H](C)Oc3cc(Br)cc4nn(C)c(C)c34)CC2=O)cc1.Cc1ccc(S(=O)(=O)O[C@H]2CCOC(C)(C)C2)cc1. The Labute approximate surface area is 759 Å². The molecule has 128 heavy (non-hydrogen) atoms. The number of aryl methyl sites for hydroxylation is 7. The van der Waals surface area contributed by atoms with Crippen molar-refractivity contribution in [3.05, 3.63) is 202 Å². The molecule has 3 amide bonds. The van der Waals surface area contributed by atoms with E-state index in [4.69, 9.17) is 52.3 Å². The van der Waals surface area contributed by atoms with Gasteiger partial charge in [-0.15, -0.1) is 0 Å². The van der Waals surface area contributed by atoms with Gasteiger partial charge in [-0.05, 0) is 229 Å². The number of methoxy groups -OCH3 is 3. The van der Waals surface area contributed by atoms with E-state index in [1.54, 1.807) is 51.8 Å². The number of ether oxygens (including phenoxy) is 8. The van der Waals surface area contributed by atoms with Gasteiger partial charge in [0.15, 0.2) is 0 Å². The van der Waals surface area contributed by atoms with Crippen LogP contribution in [0.1, 0.15) is 178 Å². The lowest BCUT2D eigenvalue weighted by atomic mass is 9.94. The zero-order valence-electron chi connectivity index (χ0n) is 77.2. The molecule has 5 aliphatic rings. The minimum atomic E-state index is -3.68. The smallest absolute Gasteiger partial charge is 0.297 e. The van der Waals surface area contributed by atoms with E-state index < -0.39 is 10.1 Å². The number of likely N-dealkylation sites (tertiary alicyclic amines) is 3. The molecule has 10 heterocycles. The van der Waals surface area contributed by atoms with Gasteiger partial charge in [0.05, 0.1) is 113 Å². The number of fused-ring (bicyclic) bond motifs is 3. The van der Waals surface area contributed by atoms with Gasteiger partial charge in [0.25, 0.3) is 10.1 Å². The number of amides is 3. The maximum atomic E-state index is 13.2. The van der Waals surface area contributed by atoms with Crippen molar-refractivity contribution < 1.29 is 64.9 Å². The summed E-state index contributed by atoms with van der Waals surface area (Å²) in [5, 5.41) is 28.8. The lowest BCUT2D eigenvalue weighted by Gasteiger charge is -2.35. The number of hydrogen-bond donors (Lipinski definition) is 1. The first-order chi connectivity index (χ1) is 60.9. The summed E-state index contributed by atoms with van der Waals surface area (Å²) in [6.45, 7) is 31.9. The van der Waals surface area contributed by atoms with Crippen molar-refractivity contribution in [3.63, 3.8) is 0 Å². The summed E-state index contributed by atoms with van der Waals surface area (Å²) in [4.78, 5) is 45.1. The molecule has 0 aliphatic carbocycles. The summed E-state index contributed by atoms with van der Waals surface area (Å²) in [7, 11) is 7.12. The van der Waals surface area contributed by atoms with Crippen LogP contribution in [0.25, 0.3) is 55.0 Å². The van der Waals surface area contributed by atoms with Gasteiger partial charge >= 0.3 is 0 Å². The predicted molar refractivity (Wildman–Crippen MR) is 498 cm³/mol. The van der Waals surface area contributed by atoms with Crippen LogP contribution in [-0.2, 0) is 59.3 Å². The number of aromatic nitrogens is 10. The van der Waals surface area contributed by atoms with Gasteiger partial charge in [-0.25, -0.2) is 0 Å². The van der Waals surface area contributed by atoms with Crippen LogP contribution in [0, 0.1) is 45.4 Å². The van der Waals surface area contributed by atoms with Crippen molar-refractivity contribution >= 4 is 76.5 Å². The first kappa shape index (κ1) is 93.1. The highest BCUT2D eigenvalue weighted by molar-refractivity contribution is 9.10. The fourth-order valence-corrected chi connectivity index (χ4v) is 19.6. The second-order valence-electron chi connectivity index (χ2n) is 36.0. The van der Waals surface area contributed by atoms with E-state index in [-0.39, 0.29) is 94.1 Å². The minimum absolute atomic E-state index is 0.00810. The molecular formula is C99H122BrN13O14S. The largest absolute Gasteiger partial charge is 0.497 e. The van der Waals surface area contributed by atoms with E-state index in [0.717, 1.165) is 153 Å². The van der Waals surface area contributed by atoms with Crippen LogP contribution in [0.5, 0.6) is 34.5 Å². The van der Waals surface area contributed by atoms with Crippen LogP contribution in [0.4, 0.5) is 0 Å². The number of rotatable bonds is 24. The standard InChI is InChI=1S/C34H43N5O4.C27H31N5O3.C24H28BrN3O3.C14H20O4S/c1-21(24-8-10-29(41-7)11-9-24)38-19-26(16-32(38)40)23(3)43-31-15-25(14-30-33(31)22(2)37(6)36-30)27-18-35-39(20-27)28-12-13-42-34(4,5)17-28;1-16(19-6-8-23(34-5)9-7-19)32-15-21(12-26(32)33)18(3)35-25-11-20(22-13-28-29-14-22)10-24-27(25)17(2)31(4)30-24;1-14(17-6-8-20(30-5)9-7-17)28-13-18(10-23(28)29)16(3)31-22-12-19(25)11-21-24(22)15(2)27(4)26-21;1-11-4-6-13(7-5-11)19(15,16)18-12-8-9-17-14(2,3)10-12/h8-11,14-15,18,20-21,23,26,28H,12-13,16-17,19H2,1-7H3;6-11,13-14,16,18,21H,12,15H2,1-5H3,(H,28,29);6-9,11-12,14,16,18H,10,13H2,1-5H3;4-7,12H,8-10H2,1-3H3/t21-,23+,26+,28+;16-,18+,21+;14-,16+,18+;12-/m0000/s1. The molecule has 0 radical (unpaired) electrons. The zero-order valence-corrected chi connectivity index (χ0v) is 79.6. The van der Waals surface area contributed by atoms with Gasteiger partial charge in [0.2, 0.25) is 17.7 Å². The third kappa shape index (κ3) is 21.1. The molecule has 5 saturated heterocycles. The third-order valence-corrected chi connectivity index (χ3v) is 28.1. The van der Waals surface area contributed by atoms with Crippen LogP contribution in [0.3, 0.4) is 0 Å². The van der Waals surface area contributed by atoms with Crippen LogP contribution >= 0.6 is 15.9 Å². The Kier molecular flexibility index (Phi) is 28.4. The number of nitrogens with one attached hydrogen (secondary N) is 1. The van der Waals surface area contributed by atoms with E-state index in [0.29, 0.717) is 64.4 Å². The van der Waals surface area contributed by atoms with Crippen molar-refractivity contribution in [2.24, 2.45) is 38.9 Å². The minimum Gasteiger partial charge on any atom is -0.497 e. The van der Waals surface area contributed by atoms with E-state index in [9.17, 15) is 22.8 Å². The van der Waals surface area contributed by atoms with Gasteiger partial charge in [0.1, 0.15) is 52.8 Å². The van der Waals surface area contributed by atoms with E-state index in [1.807, 2.05) is 188 Å². The molecule has 680 valence electrons. The van der Waals surface area contributed by atoms with Crippen molar-refractivity contribution in [2.75, 3.05) is 54.2 Å². The number of carbonyl (C=O) groups is 3. The topological polar surface area (TPSA) is 278 Å². The van der Waals surface area contributed by atoms with Gasteiger partial charge in [0, 0.05) is 143 Å². The Hall–Kier alpha value is -11.1. The summed E-state index contributed by atoms with van der Waals surface area (Å²) in [6.07, 6.45) is 11.5. The van der Waals surface area contributed by atoms with E-state index in [1.165, 1.54) is 0 Å². The summed E-state index contributed by atoms with van der Waals surface area (Å²) in [5.41, 5.74) is 13.6. The molecule has 0 unspecified atom stereocenters. The highest BCUT2D eigenvalue weighted by atomic mass is 79.9. The summed E-state index contributed by atoms with van der Waals surface area (Å²) in [5.74, 6) is 5.58. The lowest BCUT2D eigenvalue weighted by Crippen LogP contribution is -2.38. The van der Waals surface area contributed by atoms with Gasteiger partial charge in [-0.1, -0.05) is 70.0 Å². The Morgan fingerprint density at radius 1 is 0.484 bits per heavy atom. The number of halogens is 1. The average molecular weight is 1830 g/mol. The molecule has 29 heteroatoms. The average Bonchev–Trinajstić information content (AvgIpc) is 1.61. The van der Waals surface area contributed by atoms with Crippen LogP contribution in [-0.4, -0.2) is 180 Å². The Morgan fingerprint density at radius 2 is 0.875 bits per heavy atom. The fourth-order valence-electron chi connectivity index (χ4n) is 18.0. The summed E-state index contributed by atoms with van der Waals surface area (Å²) >= 11 is 3.56. The second-order valence-corrected chi connectivity index (χ2v) is 38.5. The van der Waals surface area contributed by atoms with Crippen LogP contribution in [0.15, 0.2) is 168 Å². The first-order valence-electron chi connectivity index (χ1n) is 44.1. The molecule has 5 aromatic heterocycles. The Balaban J connectivity index is 0.000000143. The van der Waals surface area contributed by atoms with Crippen molar-refractivity contribution in [1.82, 2.24) is 64.0 Å². The van der Waals surface area contributed by atoms with Crippen molar-refractivity contribution in [1.29, 1.82) is 0 Å². The third-order valence-electron chi connectivity index (χ3n) is 26.3. The Morgan fingerprint density at radius 3 is 1.27 bits per heavy atom. The molecule has 7 aromatic carbocycles. The number of H-pyrrole nitrogens is 1. The monoisotopic (exact) mass is 1830 g/mol. The molecule has 0 spiro atoms. The summed E-state index contributed by atoms with van der Waals surface area (Å²) < 4.78 is 85.3.